The van der Waals surface area contributed by atoms with Crippen LogP contribution in [0.25, 0.3) is 0 Å². The summed E-state index contributed by atoms with van der Waals surface area (Å²) in [5.41, 5.74) is 5.08. The summed E-state index contributed by atoms with van der Waals surface area (Å²) < 4.78 is 12.3. The summed E-state index contributed by atoms with van der Waals surface area (Å²) in [6, 6.07) is 19.7. The van der Waals surface area contributed by atoms with Gasteiger partial charge in [0.1, 0.15) is 6.61 Å². The number of amides is 1. The van der Waals surface area contributed by atoms with Gasteiger partial charge in [0.25, 0.3) is 5.91 Å². The molecule has 1 N–H and O–H groups in total. The fourth-order valence-electron chi connectivity index (χ4n) is 2.77. The van der Waals surface area contributed by atoms with E-state index >= 15 is 0 Å². The van der Waals surface area contributed by atoms with Gasteiger partial charge >= 0.3 is 0 Å². The SMILES string of the molecule is CCOc1cc(/C=N\NC(=O)c2ccccc2Br)cc(Cl)c1OCc1ccc(C#N)cc1. The van der Waals surface area contributed by atoms with Crippen molar-refractivity contribution >= 4 is 39.7 Å². The third-order valence-corrected chi connectivity index (χ3v) is 5.27. The summed E-state index contributed by atoms with van der Waals surface area (Å²) in [4.78, 5) is 12.3. The van der Waals surface area contributed by atoms with Crippen molar-refractivity contribution < 1.29 is 14.3 Å². The molecule has 0 spiro atoms. The van der Waals surface area contributed by atoms with Crippen LogP contribution in [0.5, 0.6) is 11.5 Å². The molecule has 0 fully saturated rings. The maximum absolute atomic E-state index is 12.3. The molecule has 0 unspecified atom stereocenters. The predicted molar refractivity (Wildman–Crippen MR) is 127 cm³/mol. The van der Waals surface area contributed by atoms with Gasteiger partial charge in [0.15, 0.2) is 11.5 Å². The smallest absolute Gasteiger partial charge is 0.272 e. The van der Waals surface area contributed by atoms with Crippen LogP contribution < -0.4 is 14.9 Å². The molecule has 0 atom stereocenters. The number of carbonyl (C=O) groups is 1. The Morgan fingerprint density at radius 1 is 1.19 bits per heavy atom. The van der Waals surface area contributed by atoms with Crippen LogP contribution in [0.4, 0.5) is 0 Å². The second-order valence-electron chi connectivity index (χ2n) is 6.54. The molecule has 6 nitrogen and oxygen atoms in total. The molecule has 3 rings (SSSR count). The van der Waals surface area contributed by atoms with Crippen LogP contribution in [-0.4, -0.2) is 18.7 Å². The number of hydrazone groups is 1. The van der Waals surface area contributed by atoms with Crippen LogP contribution in [0.2, 0.25) is 5.02 Å². The minimum absolute atomic E-state index is 0.265. The van der Waals surface area contributed by atoms with Gasteiger partial charge in [-0.3, -0.25) is 4.79 Å². The molecular weight excluding hydrogens is 494 g/mol. The number of halogens is 2. The van der Waals surface area contributed by atoms with Crippen molar-refractivity contribution in [2.75, 3.05) is 6.61 Å². The Bertz CT molecular complexity index is 1170. The zero-order chi connectivity index (χ0) is 22.9. The van der Waals surface area contributed by atoms with Crippen LogP contribution in [0.3, 0.4) is 0 Å². The maximum Gasteiger partial charge on any atom is 0.272 e. The monoisotopic (exact) mass is 511 g/mol. The molecule has 3 aromatic rings. The zero-order valence-electron chi connectivity index (χ0n) is 17.1. The Kier molecular flexibility index (Phi) is 8.26. The number of nitrogens with zero attached hydrogens (tertiary/aromatic N) is 2. The van der Waals surface area contributed by atoms with E-state index in [0.717, 1.165) is 5.56 Å². The highest BCUT2D eigenvalue weighted by atomic mass is 79.9. The molecular formula is C24H19BrClN3O3. The van der Waals surface area contributed by atoms with Crippen LogP contribution in [0, 0.1) is 11.3 Å². The van der Waals surface area contributed by atoms with E-state index in [-0.39, 0.29) is 12.5 Å². The molecule has 3 aromatic carbocycles. The third kappa shape index (κ3) is 6.10. The summed E-state index contributed by atoms with van der Waals surface area (Å²) in [6.07, 6.45) is 1.48. The van der Waals surface area contributed by atoms with Crippen molar-refractivity contribution in [3.63, 3.8) is 0 Å². The van der Waals surface area contributed by atoms with Gasteiger partial charge < -0.3 is 9.47 Å². The van der Waals surface area contributed by atoms with E-state index in [1.54, 1.807) is 42.5 Å². The minimum atomic E-state index is -0.341. The number of carbonyl (C=O) groups excluding carboxylic acids is 1. The topological polar surface area (TPSA) is 83.7 Å². The van der Waals surface area contributed by atoms with Gasteiger partial charge in [-0.05, 0) is 70.4 Å². The first-order chi connectivity index (χ1) is 15.5. The molecule has 32 heavy (non-hydrogen) atoms. The number of rotatable bonds is 8. The summed E-state index contributed by atoms with van der Waals surface area (Å²) in [7, 11) is 0. The van der Waals surface area contributed by atoms with Gasteiger partial charge in [-0.2, -0.15) is 10.4 Å². The summed E-state index contributed by atoms with van der Waals surface area (Å²) in [5.74, 6) is 0.534. The molecule has 1 amide bonds. The Balaban J connectivity index is 1.72. The fourth-order valence-corrected chi connectivity index (χ4v) is 3.51. The molecule has 0 saturated heterocycles. The standard InChI is InChI=1S/C24H19BrClN3O3/c1-2-31-22-12-18(14-28-29-24(30)19-5-3-4-6-20(19)25)11-21(26)23(22)32-15-17-9-7-16(13-27)8-10-17/h3-12,14H,2,15H2,1H3,(H,29,30)/b28-14-. The Morgan fingerprint density at radius 3 is 2.62 bits per heavy atom. The molecule has 0 saturated carbocycles. The molecule has 0 aliphatic heterocycles. The normalized spacial score (nSPS) is 10.6. The third-order valence-electron chi connectivity index (χ3n) is 4.30. The summed E-state index contributed by atoms with van der Waals surface area (Å²) in [5, 5.41) is 13.3. The average Bonchev–Trinajstić information content (AvgIpc) is 2.79. The van der Waals surface area contributed by atoms with Crippen molar-refractivity contribution in [3.05, 3.63) is 92.4 Å². The number of ether oxygens (including phenoxy) is 2. The number of nitriles is 1. The van der Waals surface area contributed by atoms with E-state index in [4.69, 9.17) is 26.3 Å². The fraction of sp³-hybridized carbons (Fsp3) is 0.125. The van der Waals surface area contributed by atoms with Crippen molar-refractivity contribution in [2.45, 2.75) is 13.5 Å². The lowest BCUT2D eigenvalue weighted by molar-refractivity contribution is 0.0954. The second kappa shape index (κ2) is 11.3. The van der Waals surface area contributed by atoms with Crippen molar-refractivity contribution in [2.24, 2.45) is 5.10 Å². The molecule has 0 heterocycles. The highest BCUT2D eigenvalue weighted by molar-refractivity contribution is 9.10. The molecule has 0 aliphatic rings. The first-order valence-corrected chi connectivity index (χ1v) is 10.8. The Hall–Kier alpha value is -3.34. The van der Waals surface area contributed by atoms with Gasteiger partial charge in [-0.1, -0.05) is 35.9 Å². The molecule has 0 aromatic heterocycles. The highest BCUT2D eigenvalue weighted by Crippen LogP contribution is 2.37. The lowest BCUT2D eigenvalue weighted by Crippen LogP contribution is -2.18. The van der Waals surface area contributed by atoms with Gasteiger partial charge in [-0.15, -0.1) is 0 Å². The van der Waals surface area contributed by atoms with Crippen LogP contribution in [0.15, 0.2) is 70.2 Å². The van der Waals surface area contributed by atoms with Crippen LogP contribution >= 0.6 is 27.5 Å². The highest BCUT2D eigenvalue weighted by Gasteiger charge is 2.13. The van der Waals surface area contributed by atoms with Crippen LogP contribution in [-0.2, 0) is 6.61 Å². The van der Waals surface area contributed by atoms with E-state index in [1.165, 1.54) is 6.21 Å². The summed E-state index contributed by atoms with van der Waals surface area (Å²) in [6.45, 7) is 2.54. The maximum atomic E-state index is 12.3. The van der Waals surface area contributed by atoms with E-state index in [2.05, 4.69) is 32.5 Å². The molecule has 0 radical (unpaired) electrons. The lowest BCUT2D eigenvalue weighted by atomic mass is 10.1. The average molecular weight is 513 g/mol. The van der Waals surface area contributed by atoms with Crippen molar-refractivity contribution in [3.8, 4) is 17.6 Å². The van der Waals surface area contributed by atoms with E-state index in [1.807, 2.05) is 25.1 Å². The number of nitrogens with one attached hydrogen (secondary N) is 1. The van der Waals surface area contributed by atoms with Crippen LogP contribution in [0.1, 0.15) is 34.0 Å². The van der Waals surface area contributed by atoms with Gasteiger partial charge in [0, 0.05) is 4.47 Å². The number of hydrogen-bond acceptors (Lipinski definition) is 5. The second-order valence-corrected chi connectivity index (χ2v) is 7.80. The van der Waals surface area contributed by atoms with E-state index in [0.29, 0.717) is 44.3 Å². The van der Waals surface area contributed by atoms with Crippen molar-refractivity contribution in [1.29, 1.82) is 5.26 Å². The zero-order valence-corrected chi connectivity index (χ0v) is 19.5. The van der Waals surface area contributed by atoms with E-state index in [9.17, 15) is 4.79 Å². The molecule has 162 valence electrons. The first-order valence-electron chi connectivity index (χ1n) is 9.68. The quantitative estimate of drug-likeness (QED) is 0.309. The van der Waals surface area contributed by atoms with Gasteiger partial charge in [0.05, 0.1) is 35.0 Å². The molecule has 0 bridgehead atoms. The summed E-state index contributed by atoms with van der Waals surface area (Å²) >= 11 is 9.78. The van der Waals surface area contributed by atoms with Gasteiger partial charge in [0.2, 0.25) is 0 Å². The lowest BCUT2D eigenvalue weighted by Gasteiger charge is -2.14. The van der Waals surface area contributed by atoms with Gasteiger partial charge in [-0.25, -0.2) is 5.43 Å². The van der Waals surface area contributed by atoms with E-state index < -0.39 is 0 Å². The van der Waals surface area contributed by atoms with Crippen molar-refractivity contribution in [1.82, 2.24) is 5.43 Å². The largest absolute Gasteiger partial charge is 0.490 e. The number of hydrogen-bond donors (Lipinski definition) is 1. The predicted octanol–water partition coefficient (Wildman–Crippen LogP) is 5.72. The molecule has 0 aliphatic carbocycles. The Labute approximate surface area is 199 Å². The minimum Gasteiger partial charge on any atom is -0.490 e. The Morgan fingerprint density at radius 2 is 1.94 bits per heavy atom. The first kappa shape index (κ1) is 23.3. The molecule has 8 heteroatoms. The number of benzene rings is 3.